The van der Waals surface area contributed by atoms with Gasteiger partial charge in [-0.15, -0.1) is 0 Å². The van der Waals surface area contributed by atoms with Crippen LogP contribution in [0.15, 0.2) is 30.0 Å². The zero-order chi connectivity index (χ0) is 16.3. The van der Waals surface area contributed by atoms with Crippen molar-refractivity contribution < 1.29 is 23.5 Å². The highest BCUT2D eigenvalue weighted by atomic mass is 19.1. The predicted molar refractivity (Wildman–Crippen MR) is 78.5 cm³/mol. The van der Waals surface area contributed by atoms with E-state index >= 15 is 0 Å². The Bertz CT molecular complexity index is 618. The van der Waals surface area contributed by atoms with Crippen molar-refractivity contribution in [2.75, 3.05) is 17.2 Å². The van der Waals surface area contributed by atoms with Gasteiger partial charge in [0, 0.05) is 26.6 Å². The highest BCUT2D eigenvalue weighted by molar-refractivity contribution is 6.15. The molecule has 1 aliphatic rings. The molecule has 0 bridgehead atoms. The molecule has 0 amide bonds. The second kappa shape index (κ2) is 6.05. The van der Waals surface area contributed by atoms with E-state index in [9.17, 15) is 14.0 Å². The maximum absolute atomic E-state index is 13.3. The van der Waals surface area contributed by atoms with E-state index in [2.05, 4.69) is 10.6 Å². The van der Waals surface area contributed by atoms with Crippen molar-refractivity contribution >= 4 is 23.3 Å². The number of anilines is 2. The van der Waals surface area contributed by atoms with Crippen LogP contribution in [0.25, 0.3) is 0 Å². The topological polar surface area (TPSA) is 76.7 Å². The molecule has 0 unspecified atom stereocenters. The van der Waals surface area contributed by atoms with Gasteiger partial charge < -0.3 is 20.1 Å². The fourth-order valence-corrected chi connectivity index (χ4v) is 1.91. The third-order valence-corrected chi connectivity index (χ3v) is 2.84. The molecule has 1 aromatic rings. The lowest BCUT2D eigenvalue weighted by atomic mass is 10.2. The highest BCUT2D eigenvalue weighted by Crippen LogP contribution is 2.25. The SMILES string of the molecule is CCNc1ccc(F)cc1NC=C1C(=O)OC(C)(C)OC1=O. The Hall–Kier alpha value is -2.57. The van der Waals surface area contributed by atoms with E-state index in [0.717, 1.165) is 6.20 Å². The average molecular weight is 308 g/mol. The van der Waals surface area contributed by atoms with Gasteiger partial charge in [-0.05, 0) is 25.1 Å². The maximum atomic E-state index is 13.3. The largest absolute Gasteiger partial charge is 0.419 e. The first-order chi connectivity index (χ1) is 10.3. The van der Waals surface area contributed by atoms with E-state index in [-0.39, 0.29) is 5.57 Å². The standard InChI is InChI=1S/C15H17FN2O4/c1-4-17-11-6-5-9(16)7-12(11)18-8-10-13(19)21-15(2,3)22-14(10)20/h5-8,17-18H,4H2,1-3H3. The van der Waals surface area contributed by atoms with Crippen LogP contribution in [0.2, 0.25) is 0 Å². The summed E-state index contributed by atoms with van der Waals surface area (Å²) in [6.45, 7) is 5.45. The Labute approximate surface area is 127 Å². The number of halogens is 1. The summed E-state index contributed by atoms with van der Waals surface area (Å²) in [5, 5.41) is 5.77. The summed E-state index contributed by atoms with van der Waals surface area (Å²) in [6.07, 6.45) is 1.15. The fraction of sp³-hybridized carbons (Fsp3) is 0.333. The van der Waals surface area contributed by atoms with Gasteiger partial charge in [0.2, 0.25) is 0 Å². The molecule has 0 radical (unpaired) electrons. The predicted octanol–water partition coefficient (Wildman–Crippen LogP) is 2.39. The first kappa shape index (κ1) is 15.8. The minimum atomic E-state index is -1.29. The molecule has 1 aliphatic heterocycles. The Morgan fingerprint density at radius 2 is 1.82 bits per heavy atom. The third kappa shape index (κ3) is 3.55. The molecule has 0 spiro atoms. The summed E-state index contributed by atoms with van der Waals surface area (Å²) in [5.41, 5.74) is 0.740. The van der Waals surface area contributed by atoms with Gasteiger partial charge in [-0.1, -0.05) is 0 Å². The van der Waals surface area contributed by atoms with Gasteiger partial charge in [-0.25, -0.2) is 14.0 Å². The second-order valence-electron chi connectivity index (χ2n) is 5.10. The van der Waals surface area contributed by atoms with Crippen LogP contribution in [0.1, 0.15) is 20.8 Å². The lowest BCUT2D eigenvalue weighted by molar-refractivity contribution is -0.222. The zero-order valence-corrected chi connectivity index (χ0v) is 12.5. The Morgan fingerprint density at radius 3 is 2.41 bits per heavy atom. The van der Waals surface area contributed by atoms with Crippen molar-refractivity contribution in [1.29, 1.82) is 0 Å². The first-order valence-corrected chi connectivity index (χ1v) is 6.79. The minimum Gasteiger partial charge on any atom is -0.419 e. The van der Waals surface area contributed by atoms with Gasteiger partial charge >= 0.3 is 11.9 Å². The number of ether oxygens (including phenoxy) is 2. The van der Waals surface area contributed by atoms with Crippen LogP contribution in [0.4, 0.5) is 15.8 Å². The quantitative estimate of drug-likeness (QED) is 0.505. The van der Waals surface area contributed by atoms with Crippen molar-refractivity contribution in [3.8, 4) is 0 Å². The fourth-order valence-electron chi connectivity index (χ4n) is 1.91. The van der Waals surface area contributed by atoms with Crippen molar-refractivity contribution in [2.45, 2.75) is 26.6 Å². The van der Waals surface area contributed by atoms with E-state index < -0.39 is 23.5 Å². The summed E-state index contributed by atoms with van der Waals surface area (Å²) < 4.78 is 23.3. The molecule has 0 aliphatic carbocycles. The molecule has 1 heterocycles. The number of carbonyl (C=O) groups excluding carboxylic acids is 2. The van der Waals surface area contributed by atoms with Gasteiger partial charge in [0.1, 0.15) is 5.82 Å². The molecule has 1 fully saturated rings. The number of cyclic esters (lactones) is 2. The van der Waals surface area contributed by atoms with Crippen LogP contribution in [0.5, 0.6) is 0 Å². The van der Waals surface area contributed by atoms with Crippen LogP contribution >= 0.6 is 0 Å². The molecule has 22 heavy (non-hydrogen) atoms. The minimum absolute atomic E-state index is 0.286. The van der Waals surface area contributed by atoms with E-state index in [1.165, 1.54) is 26.0 Å². The van der Waals surface area contributed by atoms with E-state index in [0.29, 0.717) is 17.9 Å². The lowest BCUT2D eigenvalue weighted by Crippen LogP contribution is -2.42. The maximum Gasteiger partial charge on any atom is 0.350 e. The van der Waals surface area contributed by atoms with Crippen LogP contribution in [0, 0.1) is 5.82 Å². The molecule has 1 saturated heterocycles. The number of carbonyl (C=O) groups is 2. The van der Waals surface area contributed by atoms with E-state index in [1.807, 2.05) is 6.92 Å². The number of benzene rings is 1. The van der Waals surface area contributed by atoms with Gasteiger partial charge in [-0.2, -0.15) is 0 Å². The molecule has 2 rings (SSSR count). The van der Waals surface area contributed by atoms with Crippen LogP contribution in [-0.4, -0.2) is 24.3 Å². The van der Waals surface area contributed by atoms with Gasteiger partial charge in [-0.3, -0.25) is 0 Å². The van der Waals surface area contributed by atoms with Gasteiger partial charge in [0.05, 0.1) is 11.4 Å². The van der Waals surface area contributed by atoms with Gasteiger partial charge in [0.25, 0.3) is 5.79 Å². The molecule has 0 aromatic heterocycles. The first-order valence-electron chi connectivity index (χ1n) is 6.79. The molecule has 0 saturated carbocycles. The average Bonchev–Trinajstić information content (AvgIpc) is 2.39. The summed E-state index contributed by atoms with van der Waals surface area (Å²) in [6, 6.07) is 4.11. The lowest BCUT2D eigenvalue weighted by Gasteiger charge is -2.29. The molecule has 1 aromatic carbocycles. The Kier molecular flexibility index (Phi) is 4.35. The summed E-state index contributed by atoms with van der Waals surface area (Å²) in [4.78, 5) is 23.6. The number of rotatable bonds is 4. The summed E-state index contributed by atoms with van der Waals surface area (Å²) in [7, 11) is 0. The molecule has 2 N–H and O–H groups in total. The third-order valence-electron chi connectivity index (χ3n) is 2.84. The zero-order valence-electron chi connectivity index (χ0n) is 12.5. The summed E-state index contributed by atoms with van der Waals surface area (Å²) >= 11 is 0. The number of esters is 2. The van der Waals surface area contributed by atoms with E-state index in [4.69, 9.17) is 9.47 Å². The monoisotopic (exact) mass is 308 g/mol. The van der Waals surface area contributed by atoms with E-state index in [1.54, 1.807) is 6.07 Å². The molecular weight excluding hydrogens is 291 g/mol. The Balaban J connectivity index is 2.23. The van der Waals surface area contributed by atoms with Gasteiger partial charge in [0.15, 0.2) is 5.57 Å². The van der Waals surface area contributed by atoms with Crippen LogP contribution in [0.3, 0.4) is 0 Å². The van der Waals surface area contributed by atoms with Crippen molar-refractivity contribution in [3.05, 3.63) is 35.8 Å². The molecule has 0 atom stereocenters. The normalized spacial score (nSPS) is 16.6. The van der Waals surface area contributed by atoms with Crippen LogP contribution < -0.4 is 10.6 Å². The molecule has 6 nitrogen and oxygen atoms in total. The number of hydrogen-bond acceptors (Lipinski definition) is 6. The number of hydrogen-bond donors (Lipinski definition) is 2. The second-order valence-corrected chi connectivity index (χ2v) is 5.10. The molecule has 7 heteroatoms. The van der Waals surface area contributed by atoms with Crippen LogP contribution in [-0.2, 0) is 19.1 Å². The highest BCUT2D eigenvalue weighted by Gasteiger charge is 2.38. The molecular formula is C15H17FN2O4. The number of nitrogens with one attached hydrogen (secondary N) is 2. The summed E-state index contributed by atoms with van der Waals surface area (Å²) in [5.74, 6) is -3.33. The smallest absolute Gasteiger partial charge is 0.350 e. The van der Waals surface area contributed by atoms with Crippen molar-refractivity contribution in [1.82, 2.24) is 0 Å². The Morgan fingerprint density at radius 1 is 1.18 bits per heavy atom. The van der Waals surface area contributed by atoms with Crippen molar-refractivity contribution in [2.24, 2.45) is 0 Å². The molecule has 118 valence electrons. The van der Waals surface area contributed by atoms with Crippen molar-refractivity contribution in [3.63, 3.8) is 0 Å².